The number of rotatable bonds is 20. The van der Waals surface area contributed by atoms with Gasteiger partial charge in [0.05, 0.1) is 12.3 Å². The lowest BCUT2D eigenvalue weighted by Crippen LogP contribution is -2.34. The van der Waals surface area contributed by atoms with Crippen molar-refractivity contribution < 1.29 is 13.4 Å². The van der Waals surface area contributed by atoms with Gasteiger partial charge in [-0.05, 0) is 89.6 Å². The first-order chi connectivity index (χ1) is 21.8. The zero-order chi connectivity index (χ0) is 34.1. The van der Waals surface area contributed by atoms with Gasteiger partial charge in [0.15, 0.2) is 0 Å². The largest absolute Gasteiger partial charge is 0.398 e. The van der Waals surface area contributed by atoms with E-state index < -0.39 is 5.82 Å². The highest BCUT2D eigenvalue weighted by Gasteiger charge is 2.16. The van der Waals surface area contributed by atoms with Crippen molar-refractivity contribution in [2.75, 3.05) is 57.0 Å². The molecule has 1 aromatic carbocycles. The summed E-state index contributed by atoms with van der Waals surface area (Å²) < 4.78 is 20.5. The number of anilines is 2. The Kier molecular flexibility index (Phi) is 17.2. The van der Waals surface area contributed by atoms with Gasteiger partial charge in [0, 0.05) is 77.5 Å². The van der Waals surface area contributed by atoms with E-state index in [4.69, 9.17) is 27.3 Å². The molecule has 10 nitrogen and oxygen atoms in total. The van der Waals surface area contributed by atoms with E-state index in [1.54, 1.807) is 24.4 Å². The van der Waals surface area contributed by atoms with Crippen molar-refractivity contribution in [1.82, 2.24) is 20.5 Å². The second-order valence-corrected chi connectivity index (χ2v) is 14.0. The lowest BCUT2D eigenvalue weighted by Gasteiger charge is -2.21. The molecule has 46 heavy (non-hydrogen) atoms. The van der Waals surface area contributed by atoms with Crippen LogP contribution in [-0.4, -0.2) is 66.9 Å². The molecule has 1 amide bonds. The zero-order valence-corrected chi connectivity index (χ0v) is 29.6. The van der Waals surface area contributed by atoms with E-state index in [1.165, 1.54) is 30.2 Å². The molecule has 1 unspecified atom stereocenters. The van der Waals surface area contributed by atoms with E-state index in [-0.39, 0.29) is 27.8 Å². The molecule has 0 aliphatic heterocycles. The zero-order valence-electron chi connectivity index (χ0n) is 28.0. The summed E-state index contributed by atoms with van der Waals surface area (Å²) in [5.41, 5.74) is 14.2. The van der Waals surface area contributed by atoms with Crippen LogP contribution < -0.4 is 32.7 Å². The Bertz CT molecular complexity index is 1300. The van der Waals surface area contributed by atoms with Crippen LogP contribution in [0.3, 0.4) is 0 Å². The lowest BCUT2D eigenvalue weighted by molar-refractivity contribution is -0.116. The van der Waals surface area contributed by atoms with Crippen LogP contribution in [0.5, 0.6) is 0 Å². The fourth-order valence-electron chi connectivity index (χ4n) is 4.23. The third-order valence-electron chi connectivity index (χ3n) is 6.78. The topological polar surface area (TPSA) is 143 Å². The summed E-state index contributed by atoms with van der Waals surface area (Å²) in [4.78, 5) is 19.3. The van der Waals surface area contributed by atoms with Gasteiger partial charge in [-0.1, -0.05) is 25.4 Å². The smallest absolute Gasteiger partial charge is 0.226 e. The maximum Gasteiger partial charge on any atom is 0.226 e. The lowest BCUT2D eigenvalue weighted by atomic mass is 10.1. The molecule has 0 saturated carbocycles. The molecule has 0 spiro atoms. The van der Waals surface area contributed by atoms with Crippen molar-refractivity contribution in [1.29, 1.82) is 0 Å². The average Bonchev–Trinajstić information content (AvgIpc) is 3.00. The van der Waals surface area contributed by atoms with E-state index >= 15 is 0 Å². The molecular weight excluding hydrogens is 627 g/mol. The third kappa shape index (κ3) is 15.0. The van der Waals surface area contributed by atoms with Crippen molar-refractivity contribution in [2.24, 2.45) is 17.4 Å². The number of nitrogens with zero attached hydrogens (tertiary/aromatic N) is 2. The van der Waals surface area contributed by atoms with Crippen LogP contribution in [0.2, 0.25) is 5.02 Å². The maximum atomic E-state index is 14.7. The van der Waals surface area contributed by atoms with E-state index in [1.807, 2.05) is 7.05 Å². The number of benzene rings is 1. The van der Waals surface area contributed by atoms with Crippen LogP contribution >= 0.6 is 23.6 Å². The van der Waals surface area contributed by atoms with Crippen LogP contribution in [0.4, 0.5) is 15.9 Å². The Morgan fingerprint density at radius 2 is 1.91 bits per heavy atom. The molecule has 0 saturated heterocycles. The van der Waals surface area contributed by atoms with Gasteiger partial charge >= 0.3 is 0 Å². The van der Waals surface area contributed by atoms with E-state index in [0.717, 1.165) is 32.5 Å². The Morgan fingerprint density at radius 1 is 1.15 bits per heavy atom. The van der Waals surface area contributed by atoms with Gasteiger partial charge in [-0.2, -0.15) is 0 Å². The number of hydrogen-bond acceptors (Lipinski definition) is 10. The van der Waals surface area contributed by atoms with Crippen molar-refractivity contribution in [3.63, 3.8) is 0 Å². The molecule has 0 bridgehead atoms. The first-order valence-electron chi connectivity index (χ1n) is 15.7. The first kappa shape index (κ1) is 39.1. The average molecular weight is 679 g/mol. The van der Waals surface area contributed by atoms with Crippen molar-refractivity contribution >= 4 is 46.8 Å². The molecule has 2 rings (SSSR count). The predicted octanol–water partition coefficient (Wildman–Crippen LogP) is 5.75. The SMILES string of the molecule is CCCN(CCNC)CCC(=O)Nc1cc(NC(/C=C(\N)c2cc(Cl)ccc2F)=C(/N)NCC(CC)COSC(C)(C)C)ccn1. The van der Waals surface area contributed by atoms with Gasteiger partial charge in [0.2, 0.25) is 5.91 Å². The Morgan fingerprint density at radius 3 is 2.59 bits per heavy atom. The van der Waals surface area contributed by atoms with Gasteiger partial charge in [-0.15, -0.1) is 0 Å². The Labute approximate surface area is 283 Å². The normalized spacial score (nSPS) is 13.4. The highest BCUT2D eigenvalue weighted by atomic mass is 35.5. The Hall–Kier alpha value is -3.03. The molecule has 1 aromatic heterocycles. The highest BCUT2D eigenvalue weighted by molar-refractivity contribution is 7.96. The number of halogens is 2. The quantitative estimate of drug-likeness (QED) is 0.0757. The molecule has 1 atom stereocenters. The molecule has 2 aromatic rings. The molecule has 256 valence electrons. The van der Waals surface area contributed by atoms with E-state index in [2.05, 4.69) is 65.8 Å². The minimum absolute atomic E-state index is 0.00964. The summed E-state index contributed by atoms with van der Waals surface area (Å²) in [6.07, 6.45) is 5.36. The van der Waals surface area contributed by atoms with Crippen LogP contribution in [-0.2, 0) is 8.98 Å². The van der Waals surface area contributed by atoms with E-state index in [9.17, 15) is 9.18 Å². The minimum Gasteiger partial charge on any atom is -0.398 e. The molecule has 1 heterocycles. The molecule has 13 heteroatoms. The van der Waals surface area contributed by atoms with Crippen molar-refractivity contribution in [3.8, 4) is 0 Å². The summed E-state index contributed by atoms with van der Waals surface area (Å²) >= 11 is 7.57. The number of likely N-dealkylation sites (N-methyl/N-ethyl adjacent to an activating group) is 1. The standard InChI is InChI=1S/C33H52ClFN8O2S/c1-7-15-43(17-14-38-6)16-12-31(44)42-30-19-25(11-13-39-30)41-29(20-28(36)26-18-24(34)9-10-27(26)35)32(37)40-21-23(8-2)22-45-46-33(3,4)5/h9-11,13,18-20,23,38,40H,7-8,12,14-17,21-22,36-37H2,1-6H3,(H2,39,41,42,44)/b28-20-,32-29-. The minimum atomic E-state index is -0.513. The number of amides is 1. The van der Waals surface area contributed by atoms with Crippen LogP contribution in [0.25, 0.3) is 5.70 Å². The predicted molar refractivity (Wildman–Crippen MR) is 192 cm³/mol. The number of aromatic nitrogens is 1. The number of carbonyl (C=O) groups excluding carboxylic acids is 1. The first-order valence-corrected chi connectivity index (χ1v) is 16.8. The number of carbonyl (C=O) groups is 1. The fraction of sp³-hybridized carbons (Fsp3) is 0.515. The molecule has 0 radical (unpaired) electrons. The number of nitrogens with two attached hydrogens (primary N) is 2. The van der Waals surface area contributed by atoms with Crippen molar-refractivity contribution in [2.45, 2.75) is 58.6 Å². The van der Waals surface area contributed by atoms with Crippen LogP contribution in [0.15, 0.2) is 54.1 Å². The van der Waals surface area contributed by atoms with Gasteiger partial charge in [-0.25, -0.2) is 9.37 Å². The van der Waals surface area contributed by atoms with Gasteiger partial charge in [-0.3, -0.25) is 4.79 Å². The summed E-state index contributed by atoms with van der Waals surface area (Å²) in [7, 11) is 1.92. The molecular formula is C33H52ClFN8O2S. The number of pyridine rings is 1. The van der Waals surface area contributed by atoms with Gasteiger partial charge in [0.1, 0.15) is 17.5 Å². The molecule has 0 aliphatic rings. The summed E-state index contributed by atoms with van der Waals surface area (Å²) in [5.74, 6) is 0.226. The summed E-state index contributed by atoms with van der Waals surface area (Å²) in [6, 6.07) is 7.62. The third-order valence-corrected chi connectivity index (χ3v) is 7.77. The summed E-state index contributed by atoms with van der Waals surface area (Å²) in [6.45, 7) is 14.9. The molecule has 8 N–H and O–H groups in total. The van der Waals surface area contributed by atoms with Crippen LogP contribution in [0, 0.1) is 11.7 Å². The second-order valence-electron chi connectivity index (χ2n) is 12.0. The number of nitrogens with one attached hydrogen (secondary N) is 4. The maximum absolute atomic E-state index is 14.7. The molecule has 0 fully saturated rings. The fourth-order valence-corrected chi connectivity index (χ4v) is 5.02. The van der Waals surface area contributed by atoms with Gasteiger partial charge < -0.3 is 41.8 Å². The monoisotopic (exact) mass is 678 g/mol. The molecule has 0 aliphatic carbocycles. The Balaban J connectivity index is 2.25. The number of hydrogen-bond donors (Lipinski definition) is 6. The van der Waals surface area contributed by atoms with Crippen LogP contribution in [0.1, 0.15) is 59.4 Å². The van der Waals surface area contributed by atoms with E-state index in [0.29, 0.717) is 54.2 Å². The highest BCUT2D eigenvalue weighted by Crippen LogP contribution is 2.25. The van der Waals surface area contributed by atoms with Gasteiger partial charge in [0.25, 0.3) is 0 Å². The number of allylic oxidation sites excluding steroid dienone is 1. The summed E-state index contributed by atoms with van der Waals surface area (Å²) in [5, 5.41) is 12.9. The van der Waals surface area contributed by atoms with Crippen molar-refractivity contribution in [3.05, 3.63) is 70.5 Å². The second kappa shape index (κ2) is 20.3.